The first-order chi connectivity index (χ1) is 18.1. The summed E-state index contributed by atoms with van der Waals surface area (Å²) in [6.45, 7) is 12.0. The maximum atomic E-state index is 13.5. The Kier molecular flexibility index (Phi) is 12.2. The molecule has 3 aromatic rings. The summed E-state index contributed by atoms with van der Waals surface area (Å²) in [5.41, 5.74) is 0.889. The number of piperazine rings is 1. The van der Waals surface area contributed by atoms with Crippen LogP contribution >= 0.6 is 11.6 Å². The van der Waals surface area contributed by atoms with Crippen LogP contribution in [0, 0.1) is 12.7 Å². The van der Waals surface area contributed by atoms with E-state index in [9.17, 15) is 17.6 Å². The molecule has 0 unspecified atom stereocenters. The molecule has 3 heterocycles. The zero-order valence-electron chi connectivity index (χ0n) is 22.4. The fourth-order valence-corrected chi connectivity index (χ4v) is 3.85. The number of hydrogen-bond acceptors (Lipinski definition) is 6. The molecule has 0 saturated carbocycles. The quantitative estimate of drug-likeness (QED) is 0.357. The second-order valence-electron chi connectivity index (χ2n) is 8.33. The Morgan fingerprint density at radius 2 is 1.76 bits per heavy atom. The Hall–Kier alpha value is -2.98. The van der Waals surface area contributed by atoms with E-state index in [2.05, 4.69) is 27.1 Å². The number of nitrogens with one attached hydrogen (secondary N) is 1. The fourth-order valence-electron chi connectivity index (χ4n) is 3.67. The highest BCUT2D eigenvalue weighted by Gasteiger charge is 2.32. The number of benzene rings is 1. The van der Waals surface area contributed by atoms with Gasteiger partial charge in [0.05, 0.1) is 16.3 Å². The highest BCUT2D eigenvalue weighted by molar-refractivity contribution is 6.31. The minimum absolute atomic E-state index is 0.0139. The van der Waals surface area contributed by atoms with Gasteiger partial charge in [-0.2, -0.15) is 18.2 Å². The first-order valence-corrected chi connectivity index (χ1v) is 13.0. The highest BCUT2D eigenvalue weighted by atomic mass is 35.5. The van der Waals surface area contributed by atoms with Crippen LogP contribution in [0.25, 0.3) is 11.3 Å². The van der Waals surface area contributed by atoms with E-state index in [0.717, 1.165) is 62.3 Å². The zero-order valence-corrected chi connectivity index (χ0v) is 23.2. The summed E-state index contributed by atoms with van der Waals surface area (Å²) in [6, 6.07) is 8.94. The largest absolute Gasteiger partial charge is 0.418 e. The van der Waals surface area contributed by atoms with Gasteiger partial charge in [-0.25, -0.2) is 9.37 Å². The molecule has 2 aromatic heterocycles. The number of anilines is 2. The molecule has 11 heteroatoms. The molecular weight excluding hydrogens is 520 g/mol. The topological polar surface area (TPSA) is 57.2 Å². The molecule has 0 bridgehead atoms. The van der Waals surface area contributed by atoms with E-state index in [1.165, 1.54) is 25.3 Å². The minimum atomic E-state index is -4.28. The summed E-state index contributed by atoms with van der Waals surface area (Å²) < 4.78 is 49.5. The smallest absolute Gasteiger partial charge is 0.354 e. The summed E-state index contributed by atoms with van der Waals surface area (Å²) in [7, 11) is 1.99. The fraction of sp³-hybridized carbons (Fsp3) is 0.444. The lowest BCUT2D eigenvalue weighted by atomic mass is 10.1. The van der Waals surface area contributed by atoms with Gasteiger partial charge in [-0.3, -0.25) is 4.98 Å². The standard InChI is InChI=1S/C18H23ClFN5.C7H6F3N.C2H6/c1-3-8-24(2)18-22-16(13-4-5-15(20)14(19)11-13)12-17(23-18)25-9-6-21-7-10-25;1-5-6(7(8,9)10)3-2-4-11-5;1-2/h4-5,11-12,21H,3,6-10H2,1-2H3;2-4H,1H3;1-2H3. The summed E-state index contributed by atoms with van der Waals surface area (Å²) >= 11 is 5.96. The van der Waals surface area contributed by atoms with Crippen molar-refractivity contribution in [2.45, 2.75) is 40.3 Å². The van der Waals surface area contributed by atoms with E-state index >= 15 is 0 Å². The van der Waals surface area contributed by atoms with E-state index < -0.39 is 17.6 Å². The van der Waals surface area contributed by atoms with Crippen LogP contribution < -0.4 is 15.1 Å². The van der Waals surface area contributed by atoms with Crippen molar-refractivity contribution in [3.63, 3.8) is 0 Å². The van der Waals surface area contributed by atoms with E-state index in [1.807, 2.05) is 31.9 Å². The lowest BCUT2D eigenvalue weighted by Gasteiger charge is -2.29. The first-order valence-electron chi connectivity index (χ1n) is 12.6. The van der Waals surface area contributed by atoms with Crippen LogP contribution in [0.2, 0.25) is 5.02 Å². The lowest BCUT2D eigenvalue weighted by Crippen LogP contribution is -2.44. The number of pyridine rings is 1. The monoisotopic (exact) mass is 554 g/mol. The van der Waals surface area contributed by atoms with Crippen molar-refractivity contribution < 1.29 is 17.6 Å². The molecule has 4 rings (SSSR count). The number of alkyl halides is 3. The van der Waals surface area contributed by atoms with Crippen molar-refractivity contribution in [3.05, 3.63) is 64.7 Å². The number of hydrogen-bond donors (Lipinski definition) is 1. The van der Waals surface area contributed by atoms with Gasteiger partial charge in [-0.1, -0.05) is 32.4 Å². The molecule has 1 aliphatic heterocycles. The van der Waals surface area contributed by atoms with Crippen LogP contribution in [-0.2, 0) is 6.18 Å². The average Bonchev–Trinajstić information content (AvgIpc) is 2.92. The molecule has 1 fully saturated rings. The summed E-state index contributed by atoms with van der Waals surface area (Å²) in [5, 5.41) is 3.45. The molecule has 0 atom stereocenters. The highest BCUT2D eigenvalue weighted by Crippen LogP contribution is 2.30. The Balaban J connectivity index is 0.000000327. The van der Waals surface area contributed by atoms with Crippen molar-refractivity contribution in [2.24, 2.45) is 0 Å². The van der Waals surface area contributed by atoms with Crippen molar-refractivity contribution in [2.75, 3.05) is 49.6 Å². The predicted octanol–water partition coefficient (Wildman–Crippen LogP) is 6.63. The van der Waals surface area contributed by atoms with Crippen molar-refractivity contribution in [1.82, 2.24) is 20.3 Å². The molecule has 1 N–H and O–H groups in total. The van der Waals surface area contributed by atoms with Gasteiger partial charge < -0.3 is 15.1 Å². The van der Waals surface area contributed by atoms with Gasteiger partial charge in [0.25, 0.3) is 0 Å². The number of aromatic nitrogens is 3. The maximum absolute atomic E-state index is 13.5. The number of nitrogens with zero attached hydrogens (tertiary/aromatic N) is 5. The van der Waals surface area contributed by atoms with Crippen LogP contribution in [0.5, 0.6) is 0 Å². The average molecular weight is 555 g/mol. The third kappa shape index (κ3) is 8.80. The van der Waals surface area contributed by atoms with E-state index in [-0.39, 0.29) is 10.7 Å². The SMILES string of the molecule is CC.CCCN(C)c1nc(-c2ccc(F)c(Cl)c2)cc(N2CCNCC2)n1.Cc1ncccc1C(F)(F)F. The van der Waals surface area contributed by atoms with Gasteiger partial charge in [0, 0.05) is 63.3 Å². The maximum Gasteiger partial charge on any atom is 0.418 e. The van der Waals surface area contributed by atoms with Crippen LogP contribution in [0.4, 0.5) is 29.3 Å². The van der Waals surface area contributed by atoms with Crippen molar-refractivity contribution in [3.8, 4) is 11.3 Å². The molecule has 0 aliphatic carbocycles. The van der Waals surface area contributed by atoms with E-state index in [0.29, 0.717) is 5.95 Å². The van der Waals surface area contributed by atoms with Crippen molar-refractivity contribution in [1.29, 1.82) is 0 Å². The van der Waals surface area contributed by atoms with Gasteiger partial charge in [0.2, 0.25) is 5.95 Å². The molecule has 1 saturated heterocycles. The van der Waals surface area contributed by atoms with E-state index in [4.69, 9.17) is 16.6 Å². The Labute approximate surface area is 227 Å². The number of halogens is 5. The van der Waals surface area contributed by atoms with Gasteiger partial charge in [0.1, 0.15) is 11.6 Å². The molecular formula is C27H35ClF4N6. The Morgan fingerprint density at radius 3 is 2.32 bits per heavy atom. The van der Waals surface area contributed by atoms with Gasteiger partial charge in [-0.05, 0) is 43.7 Å². The van der Waals surface area contributed by atoms with Crippen LogP contribution in [0.1, 0.15) is 38.4 Å². The van der Waals surface area contributed by atoms with E-state index in [1.54, 1.807) is 12.1 Å². The number of rotatable bonds is 5. The zero-order chi connectivity index (χ0) is 28.3. The second-order valence-corrected chi connectivity index (χ2v) is 8.74. The van der Waals surface area contributed by atoms with Crippen LogP contribution in [0.15, 0.2) is 42.6 Å². The summed E-state index contributed by atoms with van der Waals surface area (Å²) in [5.74, 6) is 1.14. The molecule has 6 nitrogen and oxygen atoms in total. The molecule has 208 valence electrons. The molecule has 0 spiro atoms. The molecule has 1 aliphatic rings. The second kappa shape index (κ2) is 14.8. The summed E-state index contributed by atoms with van der Waals surface area (Å²) in [4.78, 5) is 17.2. The van der Waals surface area contributed by atoms with Gasteiger partial charge in [-0.15, -0.1) is 0 Å². The molecule has 38 heavy (non-hydrogen) atoms. The van der Waals surface area contributed by atoms with Crippen LogP contribution in [0.3, 0.4) is 0 Å². The van der Waals surface area contributed by atoms with Gasteiger partial charge >= 0.3 is 6.18 Å². The third-order valence-corrected chi connectivity index (χ3v) is 5.86. The third-order valence-electron chi connectivity index (χ3n) is 5.57. The predicted molar refractivity (Wildman–Crippen MR) is 146 cm³/mol. The van der Waals surface area contributed by atoms with Crippen LogP contribution in [-0.4, -0.2) is 54.7 Å². The lowest BCUT2D eigenvalue weighted by molar-refractivity contribution is -0.138. The summed E-state index contributed by atoms with van der Waals surface area (Å²) in [6.07, 6.45) is -1.93. The first kappa shape index (κ1) is 31.2. The van der Waals surface area contributed by atoms with Gasteiger partial charge in [0.15, 0.2) is 0 Å². The minimum Gasteiger partial charge on any atom is -0.354 e. The Bertz CT molecular complexity index is 1150. The Morgan fingerprint density at radius 1 is 1.08 bits per heavy atom. The number of aryl methyl sites for hydroxylation is 1. The molecule has 0 radical (unpaired) electrons. The molecule has 1 aromatic carbocycles. The van der Waals surface area contributed by atoms with Crippen molar-refractivity contribution >= 4 is 23.4 Å². The normalized spacial score (nSPS) is 13.2. The molecule has 0 amide bonds.